The van der Waals surface area contributed by atoms with Crippen molar-refractivity contribution in [2.75, 3.05) is 6.54 Å². The molecular formula is C24H33N3O5S. The maximum absolute atomic E-state index is 12.6. The van der Waals surface area contributed by atoms with Crippen molar-refractivity contribution in [2.45, 2.75) is 77.4 Å². The fourth-order valence-corrected chi connectivity index (χ4v) is 4.39. The second-order valence-electron chi connectivity index (χ2n) is 10.4. The molecule has 1 aliphatic carbocycles. The van der Waals surface area contributed by atoms with Crippen molar-refractivity contribution in [3.63, 3.8) is 0 Å². The molecule has 0 radical (unpaired) electrons. The van der Waals surface area contributed by atoms with E-state index in [2.05, 4.69) is 4.98 Å². The first-order valence-electron chi connectivity index (χ1n) is 11.1. The Morgan fingerprint density at radius 1 is 1.21 bits per heavy atom. The molecule has 33 heavy (non-hydrogen) atoms. The number of carbonyl (C=O) groups is 3. The number of aldehydes is 1. The van der Waals surface area contributed by atoms with E-state index in [1.165, 1.54) is 0 Å². The number of rotatable bonds is 7. The highest BCUT2D eigenvalue weighted by Gasteiger charge is 2.56. The first kappa shape index (κ1) is 25.0. The van der Waals surface area contributed by atoms with Crippen molar-refractivity contribution in [3.05, 3.63) is 35.7 Å². The largest absolute Gasteiger partial charge is 0.443 e. The Bertz CT molecular complexity index is 959. The quantitative estimate of drug-likeness (QED) is 0.502. The first-order valence-corrected chi connectivity index (χ1v) is 12.0. The molecule has 2 heterocycles. The van der Waals surface area contributed by atoms with Crippen LogP contribution in [0.5, 0.6) is 0 Å². The van der Waals surface area contributed by atoms with Gasteiger partial charge in [-0.25, -0.2) is 19.5 Å². The monoisotopic (exact) mass is 475 g/mol. The van der Waals surface area contributed by atoms with E-state index in [0.717, 1.165) is 21.9 Å². The topological polar surface area (TPSA) is 90.7 Å². The van der Waals surface area contributed by atoms with Crippen LogP contribution in [0.2, 0.25) is 0 Å². The zero-order valence-corrected chi connectivity index (χ0v) is 21.0. The van der Waals surface area contributed by atoms with Crippen LogP contribution in [-0.2, 0) is 19.7 Å². The number of imidazole rings is 1. The summed E-state index contributed by atoms with van der Waals surface area (Å²) in [6.45, 7) is 10.6. The van der Waals surface area contributed by atoms with Gasteiger partial charge in [-0.15, -0.1) is 11.3 Å². The van der Waals surface area contributed by atoms with Crippen LogP contribution >= 0.6 is 11.3 Å². The Labute approximate surface area is 198 Å². The molecule has 2 aromatic heterocycles. The second kappa shape index (κ2) is 9.29. The van der Waals surface area contributed by atoms with Crippen molar-refractivity contribution in [1.29, 1.82) is 0 Å². The summed E-state index contributed by atoms with van der Waals surface area (Å²) in [5, 5.41) is 3.03. The lowest BCUT2D eigenvalue weighted by molar-refractivity contribution is -0.110. The van der Waals surface area contributed by atoms with Crippen LogP contribution in [0.1, 0.15) is 66.5 Å². The third-order valence-corrected chi connectivity index (χ3v) is 6.23. The van der Waals surface area contributed by atoms with E-state index in [9.17, 15) is 14.4 Å². The SMILES string of the molecule is CC(C)(C)OC(=O)N(CCCC1CC1(C=O)c1cn(-c2cccs2)cn1)C(=O)OC(C)(C)C. The minimum Gasteiger partial charge on any atom is -0.443 e. The average Bonchev–Trinajstić information content (AvgIpc) is 3.05. The molecule has 1 saturated carbocycles. The summed E-state index contributed by atoms with van der Waals surface area (Å²) < 4.78 is 12.7. The van der Waals surface area contributed by atoms with E-state index in [0.29, 0.717) is 19.3 Å². The van der Waals surface area contributed by atoms with Crippen LogP contribution in [0.3, 0.4) is 0 Å². The van der Waals surface area contributed by atoms with Crippen LogP contribution in [0.25, 0.3) is 5.00 Å². The van der Waals surface area contributed by atoms with Crippen molar-refractivity contribution >= 4 is 29.8 Å². The van der Waals surface area contributed by atoms with Gasteiger partial charge in [0.1, 0.15) is 28.8 Å². The van der Waals surface area contributed by atoms with Crippen LogP contribution in [0.4, 0.5) is 9.59 Å². The number of amides is 2. The molecule has 0 N–H and O–H groups in total. The highest BCUT2D eigenvalue weighted by molar-refractivity contribution is 7.12. The van der Waals surface area contributed by atoms with E-state index < -0.39 is 28.8 Å². The molecule has 3 rings (SSSR count). The van der Waals surface area contributed by atoms with Gasteiger partial charge in [0.2, 0.25) is 0 Å². The predicted octanol–water partition coefficient (Wildman–Crippen LogP) is 5.34. The summed E-state index contributed by atoms with van der Waals surface area (Å²) in [4.78, 5) is 42.8. The van der Waals surface area contributed by atoms with Crippen molar-refractivity contribution in [1.82, 2.24) is 14.5 Å². The number of thiophene rings is 1. The molecule has 0 aliphatic heterocycles. The van der Waals surface area contributed by atoms with Gasteiger partial charge in [0.05, 0.1) is 11.1 Å². The molecule has 2 amide bonds. The molecule has 1 fully saturated rings. The van der Waals surface area contributed by atoms with E-state index in [1.807, 2.05) is 28.3 Å². The van der Waals surface area contributed by atoms with Crippen molar-refractivity contribution < 1.29 is 23.9 Å². The summed E-state index contributed by atoms with van der Waals surface area (Å²) in [6, 6.07) is 3.96. The molecule has 0 saturated heterocycles. The Morgan fingerprint density at radius 2 is 1.85 bits per heavy atom. The van der Waals surface area contributed by atoms with Crippen LogP contribution in [0, 0.1) is 5.92 Å². The normalized spacial score (nSPS) is 20.2. The summed E-state index contributed by atoms with van der Waals surface area (Å²) in [7, 11) is 0. The predicted molar refractivity (Wildman–Crippen MR) is 126 cm³/mol. The Hall–Kier alpha value is -2.68. The Morgan fingerprint density at radius 3 is 2.36 bits per heavy atom. The first-order chi connectivity index (χ1) is 15.3. The number of ether oxygens (including phenoxy) is 2. The van der Waals surface area contributed by atoms with Gasteiger partial charge in [0.25, 0.3) is 0 Å². The Balaban J connectivity index is 1.63. The average molecular weight is 476 g/mol. The van der Waals surface area contributed by atoms with Gasteiger partial charge in [-0.2, -0.15) is 0 Å². The molecule has 8 nitrogen and oxygen atoms in total. The van der Waals surface area contributed by atoms with E-state index in [1.54, 1.807) is 59.2 Å². The molecule has 2 aromatic rings. The van der Waals surface area contributed by atoms with Gasteiger partial charge in [-0.05, 0) is 84.2 Å². The van der Waals surface area contributed by atoms with Gasteiger partial charge in [-0.3, -0.25) is 4.57 Å². The molecule has 2 unspecified atom stereocenters. The smallest absolute Gasteiger partial charge is 0.419 e. The lowest BCUT2D eigenvalue weighted by atomic mass is 9.99. The number of hydrogen-bond donors (Lipinski definition) is 0. The standard InChI is InChI=1S/C24H33N3O5S/c1-22(2,3)31-20(29)27(21(30)32-23(4,5)6)11-7-9-17-13-24(17,15-28)18-14-26(16-25-18)19-10-8-12-33-19/h8,10,12,14-17H,7,9,11,13H2,1-6H3. The van der Waals surface area contributed by atoms with Gasteiger partial charge >= 0.3 is 12.2 Å². The van der Waals surface area contributed by atoms with Crippen molar-refractivity contribution in [3.8, 4) is 5.00 Å². The molecular weight excluding hydrogens is 442 g/mol. The molecule has 9 heteroatoms. The third-order valence-electron chi connectivity index (χ3n) is 5.35. The summed E-state index contributed by atoms with van der Waals surface area (Å²) in [5.41, 5.74) is -1.32. The number of carbonyl (C=O) groups excluding carboxylic acids is 3. The number of nitrogens with zero attached hydrogens (tertiary/aromatic N) is 3. The molecule has 180 valence electrons. The minimum atomic E-state index is -0.734. The fraction of sp³-hybridized carbons (Fsp3) is 0.583. The van der Waals surface area contributed by atoms with Gasteiger partial charge in [0.15, 0.2) is 0 Å². The maximum Gasteiger partial charge on any atom is 0.419 e. The van der Waals surface area contributed by atoms with E-state index in [4.69, 9.17) is 9.47 Å². The number of aromatic nitrogens is 2. The lowest BCUT2D eigenvalue weighted by Gasteiger charge is -2.28. The van der Waals surface area contributed by atoms with E-state index in [-0.39, 0.29) is 12.5 Å². The molecule has 0 aromatic carbocycles. The summed E-state index contributed by atoms with van der Waals surface area (Å²) >= 11 is 1.60. The van der Waals surface area contributed by atoms with E-state index >= 15 is 0 Å². The Kier molecular flexibility index (Phi) is 7.02. The summed E-state index contributed by atoms with van der Waals surface area (Å²) in [6.07, 6.45) is 5.07. The summed E-state index contributed by atoms with van der Waals surface area (Å²) in [5.74, 6) is 0.112. The lowest BCUT2D eigenvalue weighted by Crippen LogP contribution is -2.44. The van der Waals surface area contributed by atoms with Gasteiger partial charge < -0.3 is 14.3 Å². The van der Waals surface area contributed by atoms with Crippen LogP contribution in [0.15, 0.2) is 30.0 Å². The third kappa shape index (κ3) is 6.22. The van der Waals surface area contributed by atoms with Crippen molar-refractivity contribution in [2.24, 2.45) is 5.92 Å². The van der Waals surface area contributed by atoms with Crippen LogP contribution in [-0.4, -0.2) is 50.7 Å². The minimum absolute atomic E-state index is 0.112. The number of hydrogen-bond acceptors (Lipinski definition) is 7. The second-order valence-corrected chi connectivity index (χ2v) is 11.4. The van der Waals surface area contributed by atoms with Gasteiger partial charge in [0, 0.05) is 12.7 Å². The molecule has 0 bridgehead atoms. The number of imide groups is 1. The highest BCUT2D eigenvalue weighted by Crippen LogP contribution is 2.54. The molecule has 2 atom stereocenters. The fourth-order valence-electron chi connectivity index (χ4n) is 3.71. The van der Waals surface area contributed by atoms with Gasteiger partial charge in [-0.1, -0.05) is 0 Å². The zero-order chi connectivity index (χ0) is 24.4. The maximum atomic E-state index is 12.6. The van der Waals surface area contributed by atoms with Crippen LogP contribution < -0.4 is 0 Å². The highest BCUT2D eigenvalue weighted by atomic mass is 32.1. The molecule has 1 aliphatic rings. The zero-order valence-electron chi connectivity index (χ0n) is 20.2. The molecule has 0 spiro atoms.